The van der Waals surface area contributed by atoms with Gasteiger partial charge in [0.25, 0.3) is 0 Å². The van der Waals surface area contributed by atoms with Gasteiger partial charge in [0, 0.05) is 0 Å². The molecular weight excluding hydrogens is 132 g/mol. The van der Waals surface area contributed by atoms with Gasteiger partial charge in [-0.15, -0.1) is 0 Å². The van der Waals surface area contributed by atoms with Crippen LogP contribution in [0.4, 0.5) is 0 Å². The van der Waals surface area contributed by atoms with Gasteiger partial charge in [0.15, 0.2) is 0 Å². The van der Waals surface area contributed by atoms with E-state index in [0.717, 1.165) is 11.8 Å². The summed E-state index contributed by atoms with van der Waals surface area (Å²) in [6, 6.07) is 0. The molecule has 0 amide bonds. The molecule has 2 atom stereocenters. The van der Waals surface area contributed by atoms with Crippen LogP contribution in [0, 0.1) is 24.2 Å². The molecule has 0 aromatic rings. The van der Waals surface area contributed by atoms with E-state index in [1.165, 1.54) is 19.3 Å². The molecule has 3 aliphatic carbocycles. The minimum atomic E-state index is 0.599. The molecule has 0 saturated heterocycles. The SMILES string of the molecule is [CH2]C=C1CCC2CC1C2(C)C. The lowest BCUT2D eigenvalue weighted by molar-refractivity contribution is -0.0277. The van der Waals surface area contributed by atoms with Crippen molar-refractivity contribution in [2.45, 2.75) is 33.1 Å². The lowest BCUT2D eigenvalue weighted by Gasteiger charge is -2.57. The highest BCUT2D eigenvalue weighted by atomic mass is 14.6. The highest BCUT2D eigenvalue weighted by Gasteiger charge is 2.51. The maximum absolute atomic E-state index is 3.89. The molecule has 0 heteroatoms. The van der Waals surface area contributed by atoms with E-state index in [0.29, 0.717) is 5.41 Å². The number of hydrogen-bond donors (Lipinski definition) is 0. The Bertz CT molecular complexity index is 196. The smallest absolute Gasteiger partial charge is 0.0146 e. The molecule has 0 heterocycles. The van der Waals surface area contributed by atoms with Crippen LogP contribution in [0.2, 0.25) is 0 Å². The second kappa shape index (κ2) is 2.12. The second-order valence-electron chi connectivity index (χ2n) is 4.62. The lowest BCUT2D eigenvalue weighted by Crippen LogP contribution is -2.49. The standard InChI is InChI=1S/C11H17/c1-4-8-5-6-9-7-10(8)11(9,2)3/h4,9-10H,1,5-7H2,2-3H3. The van der Waals surface area contributed by atoms with Crippen molar-refractivity contribution >= 4 is 0 Å². The van der Waals surface area contributed by atoms with Crippen LogP contribution in [0.15, 0.2) is 11.6 Å². The summed E-state index contributed by atoms with van der Waals surface area (Å²) in [4.78, 5) is 0. The fourth-order valence-electron chi connectivity index (χ4n) is 2.89. The summed E-state index contributed by atoms with van der Waals surface area (Å²) in [7, 11) is 0. The van der Waals surface area contributed by atoms with Crippen molar-refractivity contribution in [1.82, 2.24) is 0 Å². The molecule has 0 aromatic carbocycles. The largest absolute Gasteiger partial charge is 0.0847 e. The molecule has 3 fully saturated rings. The molecule has 61 valence electrons. The Morgan fingerprint density at radius 1 is 1.55 bits per heavy atom. The predicted octanol–water partition coefficient (Wildman–Crippen LogP) is 3.20. The molecule has 1 radical (unpaired) electrons. The van der Waals surface area contributed by atoms with Crippen LogP contribution in [0.1, 0.15) is 33.1 Å². The van der Waals surface area contributed by atoms with E-state index in [4.69, 9.17) is 0 Å². The molecule has 3 aliphatic rings. The van der Waals surface area contributed by atoms with Crippen LogP contribution in [0.5, 0.6) is 0 Å². The lowest BCUT2D eigenvalue weighted by atomic mass is 9.47. The van der Waals surface area contributed by atoms with Gasteiger partial charge in [0.05, 0.1) is 0 Å². The summed E-state index contributed by atoms with van der Waals surface area (Å²) in [5.41, 5.74) is 2.22. The van der Waals surface area contributed by atoms with E-state index in [1.807, 2.05) is 0 Å². The van der Waals surface area contributed by atoms with Gasteiger partial charge in [-0.05, 0) is 43.4 Å². The summed E-state index contributed by atoms with van der Waals surface area (Å²) in [6.45, 7) is 8.71. The summed E-state index contributed by atoms with van der Waals surface area (Å²) < 4.78 is 0. The average molecular weight is 149 g/mol. The van der Waals surface area contributed by atoms with E-state index in [1.54, 1.807) is 5.57 Å². The van der Waals surface area contributed by atoms with Crippen molar-refractivity contribution in [3.63, 3.8) is 0 Å². The Kier molecular flexibility index (Phi) is 1.42. The Balaban J connectivity index is 2.23. The number of rotatable bonds is 0. The van der Waals surface area contributed by atoms with Gasteiger partial charge in [-0.2, -0.15) is 0 Å². The van der Waals surface area contributed by atoms with E-state index in [2.05, 4.69) is 26.8 Å². The first kappa shape index (κ1) is 7.39. The van der Waals surface area contributed by atoms with Crippen LogP contribution in [0.3, 0.4) is 0 Å². The third kappa shape index (κ3) is 0.816. The highest BCUT2D eigenvalue weighted by Crippen LogP contribution is 2.60. The zero-order valence-electron chi connectivity index (χ0n) is 7.56. The zero-order valence-corrected chi connectivity index (χ0v) is 7.56. The van der Waals surface area contributed by atoms with Crippen LogP contribution >= 0.6 is 0 Å². The molecule has 2 bridgehead atoms. The Labute approximate surface area is 69.7 Å². The summed E-state index contributed by atoms with van der Waals surface area (Å²) in [5, 5.41) is 0. The first-order valence-electron chi connectivity index (χ1n) is 4.64. The van der Waals surface area contributed by atoms with Crippen molar-refractivity contribution < 1.29 is 0 Å². The van der Waals surface area contributed by atoms with E-state index in [9.17, 15) is 0 Å². The first-order chi connectivity index (χ1) is 5.16. The predicted molar refractivity (Wildman–Crippen MR) is 48.1 cm³/mol. The molecule has 0 nitrogen and oxygen atoms in total. The monoisotopic (exact) mass is 149 g/mol. The molecular formula is C11H17. The van der Waals surface area contributed by atoms with E-state index < -0.39 is 0 Å². The third-order valence-electron chi connectivity index (χ3n) is 3.96. The maximum Gasteiger partial charge on any atom is -0.0146 e. The fraction of sp³-hybridized carbons (Fsp3) is 0.727. The zero-order chi connectivity index (χ0) is 8.06. The van der Waals surface area contributed by atoms with Crippen molar-refractivity contribution in [3.8, 4) is 0 Å². The maximum atomic E-state index is 3.89. The van der Waals surface area contributed by atoms with Crippen LogP contribution in [-0.4, -0.2) is 0 Å². The molecule has 0 spiro atoms. The van der Waals surface area contributed by atoms with Crippen LogP contribution in [-0.2, 0) is 0 Å². The van der Waals surface area contributed by atoms with Gasteiger partial charge in [0.2, 0.25) is 0 Å². The van der Waals surface area contributed by atoms with Gasteiger partial charge in [-0.3, -0.25) is 0 Å². The second-order valence-corrected chi connectivity index (χ2v) is 4.62. The topological polar surface area (TPSA) is 0 Å². The van der Waals surface area contributed by atoms with Gasteiger partial charge in [-0.1, -0.05) is 25.5 Å². The molecule has 0 aliphatic heterocycles. The third-order valence-corrected chi connectivity index (χ3v) is 3.96. The Morgan fingerprint density at radius 2 is 2.27 bits per heavy atom. The first-order valence-corrected chi connectivity index (χ1v) is 4.64. The molecule has 3 rings (SSSR count). The van der Waals surface area contributed by atoms with E-state index in [-0.39, 0.29) is 0 Å². The molecule has 0 aromatic heterocycles. The molecule has 11 heavy (non-hydrogen) atoms. The van der Waals surface area contributed by atoms with Crippen molar-refractivity contribution in [3.05, 3.63) is 18.6 Å². The van der Waals surface area contributed by atoms with Crippen molar-refractivity contribution in [1.29, 1.82) is 0 Å². The molecule has 3 saturated carbocycles. The normalized spacial score (nSPS) is 43.7. The molecule has 0 N–H and O–H groups in total. The van der Waals surface area contributed by atoms with Crippen LogP contribution in [0.25, 0.3) is 0 Å². The molecule has 2 unspecified atom stereocenters. The fourth-order valence-corrected chi connectivity index (χ4v) is 2.89. The van der Waals surface area contributed by atoms with E-state index >= 15 is 0 Å². The van der Waals surface area contributed by atoms with Gasteiger partial charge >= 0.3 is 0 Å². The Hall–Kier alpha value is -0.260. The van der Waals surface area contributed by atoms with Crippen molar-refractivity contribution in [2.75, 3.05) is 0 Å². The summed E-state index contributed by atoms with van der Waals surface area (Å²) in [5.74, 6) is 1.88. The average Bonchev–Trinajstić information content (AvgIpc) is 2.04. The number of allylic oxidation sites excluding steroid dienone is 2. The number of hydrogen-bond acceptors (Lipinski definition) is 0. The quantitative estimate of drug-likeness (QED) is 0.496. The minimum Gasteiger partial charge on any atom is -0.0847 e. The summed E-state index contributed by atoms with van der Waals surface area (Å²) in [6.07, 6.45) is 6.27. The van der Waals surface area contributed by atoms with Gasteiger partial charge in [0.1, 0.15) is 0 Å². The highest BCUT2D eigenvalue weighted by molar-refractivity contribution is 5.22. The number of fused-ring (bicyclic) bond motifs is 2. The van der Waals surface area contributed by atoms with Crippen molar-refractivity contribution in [2.24, 2.45) is 17.3 Å². The minimum absolute atomic E-state index is 0.599. The summed E-state index contributed by atoms with van der Waals surface area (Å²) >= 11 is 0. The van der Waals surface area contributed by atoms with Gasteiger partial charge < -0.3 is 0 Å². The van der Waals surface area contributed by atoms with Crippen LogP contribution < -0.4 is 0 Å². The Morgan fingerprint density at radius 3 is 2.64 bits per heavy atom. The van der Waals surface area contributed by atoms with Gasteiger partial charge in [-0.25, -0.2) is 0 Å².